The van der Waals surface area contributed by atoms with Crippen molar-refractivity contribution in [3.05, 3.63) is 23.8 Å². The van der Waals surface area contributed by atoms with Gasteiger partial charge in [-0.15, -0.1) is 0 Å². The molecule has 1 aromatic carbocycles. The fraction of sp³-hybridized carbons (Fsp3) is 0.308. The number of aromatic hydroxyl groups is 1. The first-order chi connectivity index (χ1) is 9.97. The van der Waals surface area contributed by atoms with Gasteiger partial charge in [0.2, 0.25) is 5.91 Å². The van der Waals surface area contributed by atoms with Gasteiger partial charge in [-0.25, -0.2) is 9.59 Å². The second-order valence-electron chi connectivity index (χ2n) is 4.62. The summed E-state index contributed by atoms with van der Waals surface area (Å²) in [6.07, 6.45) is 1.32. The average Bonchev–Trinajstić information content (AvgIpc) is 2.43. The summed E-state index contributed by atoms with van der Waals surface area (Å²) in [5.74, 6) is -1.79. The van der Waals surface area contributed by atoms with Crippen LogP contribution in [0.3, 0.4) is 0 Å². The van der Waals surface area contributed by atoms with Gasteiger partial charge in [0.25, 0.3) is 0 Å². The minimum atomic E-state index is -1.18. The number of amides is 3. The van der Waals surface area contributed by atoms with Crippen molar-refractivity contribution in [2.75, 3.05) is 11.9 Å². The Morgan fingerprint density at radius 3 is 2.71 bits per heavy atom. The van der Waals surface area contributed by atoms with Crippen molar-refractivity contribution in [3.63, 3.8) is 0 Å². The van der Waals surface area contributed by atoms with E-state index in [4.69, 9.17) is 5.11 Å². The lowest BCUT2D eigenvalue weighted by Gasteiger charge is -2.22. The minimum Gasteiger partial charge on any atom is -0.506 e. The van der Waals surface area contributed by atoms with Gasteiger partial charge in [-0.05, 0) is 31.0 Å². The lowest BCUT2D eigenvalue weighted by atomic mass is 10.1. The monoisotopic (exact) mass is 293 g/mol. The van der Waals surface area contributed by atoms with Crippen LogP contribution in [0.2, 0.25) is 0 Å². The van der Waals surface area contributed by atoms with Crippen molar-refractivity contribution in [2.24, 2.45) is 0 Å². The first-order valence-corrected chi connectivity index (χ1v) is 6.39. The zero-order chi connectivity index (χ0) is 15.4. The van der Waals surface area contributed by atoms with E-state index in [0.29, 0.717) is 13.0 Å². The Bertz CT molecular complexity index is 587. The van der Waals surface area contributed by atoms with Crippen molar-refractivity contribution in [3.8, 4) is 5.75 Å². The Morgan fingerprint density at radius 1 is 1.33 bits per heavy atom. The molecule has 0 aromatic heterocycles. The highest BCUT2D eigenvalue weighted by Gasteiger charge is 2.23. The van der Waals surface area contributed by atoms with E-state index < -0.39 is 18.0 Å². The number of rotatable bonds is 3. The number of phenolic OH excluding ortho intramolecular Hbond substituents is 1. The molecule has 1 aliphatic rings. The number of anilines is 1. The summed E-state index contributed by atoms with van der Waals surface area (Å²) in [5.41, 5.74) is -0.0289. The van der Waals surface area contributed by atoms with E-state index in [9.17, 15) is 19.5 Å². The molecule has 8 nitrogen and oxygen atoms in total. The molecule has 0 radical (unpaired) electrons. The first kappa shape index (κ1) is 14.6. The van der Waals surface area contributed by atoms with Crippen LogP contribution in [0.25, 0.3) is 0 Å². The lowest BCUT2D eigenvalue weighted by Crippen LogP contribution is -2.51. The van der Waals surface area contributed by atoms with Crippen molar-refractivity contribution < 1.29 is 24.6 Å². The summed E-state index contributed by atoms with van der Waals surface area (Å²) in [6.45, 7) is 0.593. The van der Waals surface area contributed by atoms with E-state index in [1.54, 1.807) is 0 Å². The van der Waals surface area contributed by atoms with Gasteiger partial charge in [0, 0.05) is 6.54 Å². The lowest BCUT2D eigenvalue weighted by molar-refractivity contribution is -0.124. The Balaban J connectivity index is 1.99. The molecular weight excluding hydrogens is 278 g/mol. The standard InChI is InChI=1S/C13H15N3O5/c17-10-6-7(12(19)20)3-4-8(10)15-13(21)16-9-2-1-5-14-11(9)18/h3-4,6,9,17H,1-2,5H2,(H,14,18)(H,19,20)(H2,15,16,21). The van der Waals surface area contributed by atoms with Crippen LogP contribution < -0.4 is 16.0 Å². The molecule has 5 N–H and O–H groups in total. The highest BCUT2D eigenvalue weighted by atomic mass is 16.4. The Hall–Kier alpha value is -2.77. The topological polar surface area (TPSA) is 128 Å². The Labute approximate surface area is 120 Å². The van der Waals surface area contributed by atoms with Crippen molar-refractivity contribution in [2.45, 2.75) is 18.9 Å². The summed E-state index contributed by atoms with van der Waals surface area (Å²) in [6, 6.07) is 2.31. The molecule has 2 rings (SSSR count). The van der Waals surface area contributed by atoms with E-state index >= 15 is 0 Å². The number of benzene rings is 1. The van der Waals surface area contributed by atoms with Gasteiger partial charge >= 0.3 is 12.0 Å². The maximum absolute atomic E-state index is 11.8. The summed E-state index contributed by atoms with van der Waals surface area (Å²) in [7, 11) is 0. The van der Waals surface area contributed by atoms with E-state index in [2.05, 4.69) is 16.0 Å². The van der Waals surface area contributed by atoms with Crippen LogP contribution in [0.5, 0.6) is 5.75 Å². The van der Waals surface area contributed by atoms with Crippen LogP contribution in [0.15, 0.2) is 18.2 Å². The van der Waals surface area contributed by atoms with E-state index in [1.165, 1.54) is 12.1 Å². The normalized spacial score (nSPS) is 17.7. The summed E-state index contributed by atoms with van der Waals surface area (Å²) in [5, 5.41) is 25.9. The van der Waals surface area contributed by atoms with Crippen molar-refractivity contribution in [1.82, 2.24) is 10.6 Å². The number of carboxylic acid groups (broad SMARTS) is 1. The Kier molecular flexibility index (Phi) is 4.27. The zero-order valence-electron chi connectivity index (χ0n) is 11.0. The molecule has 1 aliphatic heterocycles. The van der Waals surface area contributed by atoms with E-state index in [-0.39, 0.29) is 22.9 Å². The third-order valence-electron chi connectivity index (χ3n) is 3.08. The quantitative estimate of drug-likeness (QED) is 0.518. The third-order valence-corrected chi connectivity index (χ3v) is 3.08. The predicted octanol–water partition coefficient (Wildman–Crippen LogP) is 0.490. The maximum atomic E-state index is 11.8. The molecule has 1 heterocycles. The number of hydrogen-bond donors (Lipinski definition) is 5. The number of phenols is 1. The first-order valence-electron chi connectivity index (χ1n) is 6.39. The van der Waals surface area contributed by atoms with Gasteiger partial charge in [-0.3, -0.25) is 4.79 Å². The van der Waals surface area contributed by atoms with Crippen LogP contribution in [-0.4, -0.2) is 40.7 Å². The van der Waals surface area contributed by atoms with Gasteiger partial charge in [-0.2, -0.15) is 0 Å². The molecule has 112 valence electrons. The Morgan fingerprint density at radius 2 is 2.10 bits per heavy atom. The summed E-state index contributed by atoms with van der Waals surface area (Å²) >= 11 is 0. The number of hydrogen-bond acceptors (Lipinski definition) is 4. The van der Waals surface area contributed by atoms with Crippen LogP contribution >= 0.6 is 0 Å². The van der Waals surface area contributed by atoms with Crippen LogP contribution in [-0.2, 0) is 4.79 Å². The number of urea groups is 1. The molecule has 1 aromatic rings. The third kappa shape index (κ3) is 3.62. The van der Waals surface area contributed by atoms with Gasteiger partial charge in [-0.1, -0.05) is 0 Å². The van der Waals surface area contributed by atoms with Crippen LogP contribution in [0.1, 0.15) is 23.2 Å². The molecule has 3 amide bonds. The van der Waals surface area contributed by atoms with Crippen LogP contribution in [0, 0.1) is 0 Å². The fourth-order valence-electron chi connectivity index (χ4n) is 2.00. The fourth-order valence-corrected chi connectivity index (χ4v) is 2.00. The highest BCUT2D eigenvalue weighted by Crippen LogP contribution is 2.24. The number of carboxylic acids is 1. The second-order valence-corrected chi connectivity index (χ2v) is 4.62. The summed E-state index contributed by atoms with van der Waals surface area (Å²) < 4.78 is 0. The minimum absolute atomic E-state index is 0.0636. The number of piperidine rings is 1. The number of nitrogens with one attached hydrogen (secondary N) is 3. The number of aromatic carboxylic acids is 1. The molecular formula is C13H15N3O5. The molecule has 0 saturated carbocycles. The van der Waals surface area contributed by atoms with E-state index in [1.807, 2.05) is 0 Å². The van der Waals surface area contributed by atoms with Crippen molar-refractivity contribution >= 4 is 23.6 Å². The molecule has 1 unspecified atom stereocenters. The molecule has 1 atom stereocenters. The number of carbonyl (C=O) groups is 3. The molecule has 21 heavy (non-hydrogen) atoms. The smallest absolute Gasteiger partial charge is 0.335 e. The highest BCUT2D eigenvalue weighted by molar-refractivity contribution is 5.96. The molecule has 8 heteroatoms. The average molecular weight is 293 g/mol. The largest absolute Gasteiger partial charge is 0.506 e. The van der Waals surface area contributed by atoms with Crippen molar-refractivity contribution in [1.29, 1.82) is 0 Å². The molecule has 0 spiro atoms. The molecule has 1 fully saturated rings. The molecule has 1 saturated heterocycles. The van der Waals surface area contributed by atoms with E-state index in [0.717, 1.165) is 12.5 Å². The van der Waals surface area contributed by atoms with Gasteiger partial charge in [0.05, 0.1) is 11.3 Å². The second kappa shape index (κ2) is 6.12. The summed E-state index contributed by atoms with van der Waals surface area (Å²) in [4.78, 5) is 34.0. The van der Waals surface area contributed by atoms with Gasteiger partial charge < -0.3 is 26.2 Å². The number of carbonyl (C=O) groups excluding carboxylic acids is 2. The predicted molar refractivity (Wildman–Crippen MR) is 73.3 cm³/mol. The van der Waals surface area contributed by atoms with Gasteiger partial charge in [0.1, 0.15) is 11.8 Å². The molecule has 0 aliphatic carbocycles. The van der Waals surface area contributed by atoms with Crippen LogP contribution in [0.4, 0.5) is 10.5 Å². The zero-order valence-corrected chi connectivity index (χ0v) is 11.0. The molecule has 0 bridgehead atoms. The SMILES string of the molecule is O=C(Nc1ccc(C(=O)O)cc1O)NC1CCCNC1=O. The van der Waals surface area contributed by atoms with Gasteiger partial charge in [0.15, 0.2) is 0 Å². The maximum Gasteiger partial charge on any atom is 0.335 e.